The molecule has 0 bridgehead atoms. The highest BCUT2D eigenvalue weighted by Crippen LogP contribution is 2.09. The van der Waals surface area contributed by atoms with Crippen molar-refractivity contribution in [3.8, 4) is 5.75 Å². The van der Waals surface area contributed by atoms with Gasteiger partial charge in [0.25, 0.3) is 5.56 Å². The maximum Gasteiger partial charge on any atom is 0.345 e. The van der Waals surface area contributed by atoms with Crippen molar-refractivity contribution in [1.29, 1.82) is 0 Å². The molecule has 88 valence electrons. The van der Waals surface area contributed by atoms with Gasteiger partial charge in [-0.2, -0.15) is 0 Å². The highest BCUT2D eigenvalue weighted by atomic mass is 16.5. The van der Waals surface area contributed by atoms with Gasteiger partial charge in [0.2, 0.25) is 0 Å². The first-order chi connectivity index (χ1) is 8.17. The quantitative estimate of drug-likeness (QED) is 0.707. The number of hydrogen-bond donors (Lipinski definition) is 0. The van der Waals surface area contributed by atoms with Gasteiger partial charge in [-0.25, -0.2) is 9.78 Å². The number of nitrogens with zero attached hydrogens (tertiary/aromatic N) is 2. The first-order valence-electron chi connectivity index (χ1n) is 4.81. The zero-order valence-corrected chi connectivity index (χ0v) is 9.34. The van der Waals surface area contributed by atoms with Gasteiger partial charge in [0, 0.05) is 6.20 Å². The summed E-state index contributed by atoms with van der Waals surface area (Å²) in [5, 5.41) is 0. The predicted molar refractivity (Wildman–Crippen MR) is 59.4 cm³/mol. The summed E-state index contributed by atoms with van der Waals surface area (Å²) in [7, 11) is 2.70. The third kappa shape index (κ3) is 1.84. The molecule has 0 fully saturated rings. The molecule has 0 aliphatic rings. The van der Waals surface area contributed by atoms with Crippen molar-refractivity contribution in [1.82, 2.24) is 9.38 Å². The zero-order valence-electron chi connectivity index (χ0n) is 9.34. The van der Waals surface area contributed by atoms with E-state index in [2.05, 4.69) is 9.72 Å². The van der Waals surface area contributed by atoms with Gasteiger partial charge in [-0.3, -0.25) is 9.20 Å². The topological polar surface area (TPSA) is 69.9 Å². The number of esters is 1. The van der Waals surface area contributed by atoms with E-state index in [0.29, 0.717) is 11.4 Å². The van der Waals surface area contributed by atoms with E-state index < -0.39 is 11.5 Å². The fraction of sp³-hybridized carbons (Fsp3) is 0.182. The third-order valence-corrected chi connectivity index (χ3v) is 2.32. The molecule has 2 aromatic heterocycles. The molecule has 0 saturated heterocycles. The normalized spacial score (nSPS) is 10.2. The molecule has 0 saturated carbocycles. The van der Waals surface area contributed by atoms with Crippen LogP contribution in [-0.2, 0) is 4.74 Å². The Morgan fingerprint density at radius 1 is 1.35 bits per heavy atom. The third-order valence-electron chi connectivity index (χ3n) is 2.32. The second kappa shape index (κ2) is 4.25. The van der Waals surface area contributed by atoms with Crippen LogP contribution in [0.3, 0.4) is 0 Å². The summed E-state index contributed by atoms with van der Waals surface area (Å²) >= 11 is 0. The van der Waals surface area contributed by atoms with Gasteiger partial charge in [-0.15, -0.1) is 0 Å². The van der Waals surface area contributed by atoms with Crippen molar-refractivity contribution in [2.24, 2.45) is 0 Å². The van der Waals surface area contributed by atoms with Crippen molar-refractivity contribution in [2.45, 2.75) is 0 Å². The zero-order chi connectivity index (χ0) is 12.4. The molecule has 17 heavy (non-hydrogen) atoms. The van der Waals surface area contributed by atoms with Gasteiger partial charge < -0.3 is 9.47 Å². The minimum absolute atomic E-state index is 0.113. The van der Waals surface area contributed by atoms with Crippen LogP contribution in [0.25, 0.3) is 5.65 Å². The van der Waals surface area contributed by atoms with E-state index in [1.165, 1.54) is 31.0 Å². The van der Waals surface area contributed by atoms with Crippen molar-refractivity contribution >= 4 is 11.6 Å². The molecule has 0 aromatic carbocycles. The van der Waals surface area contributed by atoms with Gasteiger partial charge in [0.1, 0.15) is 17.0 Å². The highest BCUT2D eigenvalue weighted by molar-refractivity contribution is 5.88. The Morgan fingerprint density at radius 2 is 2.12 bits per heavy atom. The van der Waals surface area contributed by atoms with Gasteiger partial charge in [-0.1, -0.05) is 0 Å². The van der Waals surface area contributed by atoms with Crippen LogP contribution in [0.15, 0.2) is 29.3 Å². The van der Waals surface area contributed by atoms with Crippen LogP contribution in [0.2, 0.25) is 0 Å². The van der Waals surface area contributed by atoms with Gasteiger partial charge >= 0.3 is 5.97 Å². The van der Waals surface area contributed by atoms with E-state index in [9.17, 15) is 9.59 Å². The molecule has 2 heterocycles. The number of pyridine rings is 1. The number of aromatic nitrogens is 2. The van der Waals surface area contributed by atoms with Crippen LogP contribution in [0.1, 0.15) is 10.4 Å². The molecule has 0 unspecified atom stereocenters. The lowest BCUT2D eigenvalue weighted by molar-refractivity contribution is 0.0598. The van der Waals surface area contributed by atoms with E-state index in [1.54, 1.807) is 12.1 Å². The number of carbonyl (C=O) groups is 1. The Morgan fingerprint density at radius 3 is 2.76 bits per heavy atom. The van der Waals surface area contributed by atoms with Crippen molar-refractivity contribution in [3.05, 3.63) is 40.4 Å². The lowest BCUT2D eigenvalue weighted by Crippen LogP contribution is -2.23. The molecule has 2 rings (SSSR count). The molecule has 6 nitrogen and oxygen atoms in total. The Bertz CT molecular complexity index is 633. The maximum absolute atomic E-state index is 12.0. The summed E-state index contributed by atoms with van der Waals surface area (Å²) in [6, 6.07) is 3.31. The molecule has 0 amide bonds. The second-order valence-corrected chi connectivity index (χ2v) is 3.27. The number of methoxy groups -OCH3 is 2. The summed E-state index contributed by atoms with van der Waals surface area (Å²) in [6.45, 7) is 0. The van der Waals surface area contributed by atoms with Gasteiger partial charge in [0.15, 0.2) is 0 Å². The Hall–Kier alpha value is -2.37. The number of rotatable bonds is 2. The van der Waals surface area contributed by atoms with E-state index in [-0.39, 0.29) is 5.56 Å². The molecule has 0 aliphatic carbocycles. The minimum atomic E-state index is -0.709. The number of hydrogen-bond acceptors (Lipinski definition) is 5. The minimum Gasteiger partial charge on any atom is -0.495 e. The summed E-state index contributed by atoms with van der Waals surface area (Å²) in [4.78, 5) is 27.3. The Labute approximate surface area is 96.4 Å². The average Bonchev–Trinajstić information content (AvgIpc) is 2.38. The highest BCUT2D eigenvalue weighted by Gasteiger charge is 2.13. The number of fused-ring (bicyclic) bond motifs is 1. The first kappa shape index (κ1) is 11.1. The summed E-state index contributed by atoms with van der Waals surface area (Å²) < 4.78 is 10.7. The molecule has 0 radical (unpaired) electrons. The lowest BCUT2D eigenvalue weighted by atomic mass is 10.3. The van der Waals surface area contributed by atoms with Crippen LogP contribution in [-0.4, -0.2) is 29.6 Å². The molecular weight excluding hydrogens is 224 g/mol. The smallest absolute Gasteiger partial charge is 0.345 e. The SMILES string of the molecule is COC(=O)c1cnc2ccc(OC)cn2c1=O. The summed E-state index contributed by atoms with van der Waals surface area (Å²) in [5.41, 5.74) is -0.164. The molecule has 6 heteroatoms. The molecule has 0 aliphatic heterocycles. The first-order valence-corrected chi connectivity index (χ1v) is 4.81. The Kier molecular flexibility index (Phi) is 2.78. The average molecular weight is 234 g/mol. The van der Waals surface area contributed by atoms with Crippen LogP contribution >= 0.6 is 0 Å². The van der Waals surface area contributed by atoms with Gasteiger partial charge in [-0.05, 0) is 12.1 Å². The predicted octanol–water partition coefficient (Wildman–Crippen LogP) is 0.490. The summed E-state index contributed by atoms with van der Waals surface area (Å²) in [5.74, 6) is -0.205. The van der Waals surface area contributed by atoms with Crippen LogP contribution in [0, 0.1) is 0 Å². The van der Waals surface area contributed by atoms with Crippen LogP contribution in [0.4, 0.5) is 0 Å². The summed E-state index contributed by atoms with van der Waals surface area (Å²) in [6.07, 6.45) is 2.67. The van der Waals surface area contributed by atoms with Crippen molar-refractivity contribution in [3.63, 3.8) is 0 Å². The molecular formula is C11H10N2O4. The van der Waals surface area contributed by atoms with Crippen molar-refractivity contribution < 1.29 is 14.3 Å². The van der Waals surface area contributed by atoms with E-state index in [1.807, 2.05) is 0 Å². The monoisotopic (exact) mass is 234 g/mol. The number of ether oxygens (including phenoxy) is 2. The van der Waals surface area contributed by atoms with Crippen molar-refractivity contribution in [2.75, 3.05) is 14.2 Å². The van der Waals surface area contributed by atoms with E-state index in [0.717, 1.165) is 0 Å². The van der Waals surface area contributed by atoms with Crippen LogP contribution < -0.4 is 10.3 Å². The largest absolute Gasteiger partial charge is 0.495 e. The number of carbonyl (C=O) groups excluding carboxylic acids is 1. The van der Waals surface area contributed by atoms with E-state index >= 15 is 0 Å². The van der Waals surface area contributed by atoms with E-state index in [4.69, 9.17) is 4.74 Å². The standard InChI is InChI=1S/C11H10N2O4/c1-16-7-3-4-9-12-5-8(11(15)17-2)10(14)13(9)6-7/h3-6H,1-2H3. The molecule has 0 atom stereocenters. The van der Waals surface area contributed by atoms with Gasteiger partial charge in [0.05, 0.1) is 20.4 Å². The fourth-order valence-corrected chi connectivity index (χ4v) is 1.43. The molecule has 0 N–H and O–H groups in total. The molecule has 2 aromatic rings. The lowest BCUT2D eigenvalue weighted by Gasteiger charge is -2.04. The van der Waals surface area contributed by atoms with Crippen LogP contribution in [0.5, 0.6) is 5.75 Å². The fourth-order valence-electron chi connectivity index (χ4n) is 1.43. The second-order valence-electron chi connectivity index (χ2n) is 3.27. The Balaban J connectivity index is 2.73. The maximum atomic E-state index is 12.0. The molecule has 0 spiro atoms.